The highest BCUT2D eigenvalue weighted by atomic mass is 127. The number of hydrogen-bond donors (Lipinski definition) is 0. The van der Waals surface area contributed by atoms with Crippen LogP contribution < -0.4 is 0 Å². The van der Waals surface area contributed by atoms with Crippen molar-refractivity contribution in [2.75, 3.05) is 7.11 Å². The molecule has 0 bridgehead atoms. The highest BCUT2D eigenvalue weighted by Gasteiger charge is 2.53. The third kappa shape index (κ3) is 2.46. The summed E-state index contributed by atoms with van der Waals surface area (Å²) in [4.78, 5) is 12.0. The molecule has 1 aliphatic carbocycles. The van der Waals surface area contributed by atoms with Gasteiger partial charge in [0.15, 0.2) is 11.9 Å². The van der Waals surface area contributed by atoms with Crippen molar-refractivity contribution >= 4 is 28.6 Å². The van der Waals surface area contributed by atoms with E-state index in [0.717, 1.165) is 34.8 Å². The Labute approximate surface area is 131 Å². The summed E-state index contributed by atoms with van der Waals surface area (Å²) in [5.41, 5.74) is 0.993. The second-order valence-electron chi connectivity index (χ2n) is 5.24. The van der Waals surface area contributed by atoms with Crippen molar-refractivity contribution in [1.82, 2.24) is 0 Å². The molecule has 1 saturated carbocycles. The Morgan fingerprint density at radius 2 is 2.00 bits per heavy atom. The molecule has 1 aromatic rings. The number of hydrogen-bond acceptors (Lipinski definition) is 4. The summed E-state index contributed by atoms with van der Waals surface area (Å²) in [6.07, 6.45) is 2.79. The summed E-state index contributed by atoms with van der Waals surface area (Å²) in [5, 5.41) is 0. The zero-order valence-electron chi connectivity index (χ0n) is 11.3. The fraction of sp³-hybridized carbons (Fsp3) is 0.533. The van der Waals surface area contributed by atoms with Crippen molar-refractivity contribution in [2.24, 2.45) is 0 Å². The molecular weight excluding hydrogens is 371 g/mol. The van der Waals surface area contributed by atoms with Crippen LogP contribution in [0.2, 0.25) is 0 Å². The van der Waals surface area contributed by atoms with Crippen LogP contribution in [0.4, 0.5) is 0 Å². The molecule has 1 heterocycles. The second kappa shape index (κ2) is 5.61. The zero-order chi connectivity index (χ0) is 14.2. The molecule has 2 fully saturated rings. The normalized spacial score (nSPS) is 27.9. The zero-order valence-corrected chi connectivity index (χ0v) is 13.5. The molecule has 1 spiro atoms. The lowest BCUT2D eigenvalue weighted by molar-refractivity contribution is -0.180. The van der Waals surface area contributed by atoms with Gasteiger partial charge in [0, 0.05) is 16.4 Å². The molecular formula is C15H17IO4. The van der Waals surface area contributed by atoms with Gasteiger partial charge >= 0.3 is 5.97 Å². The molecule has 1 aliphatic heterocycles. The smallest absolute Gasteiger partial charge is 0.338 e. The van der Waals surface area contributed by atoms with Crippen molar-refractivity contribution in [3.8, 4) is 0 Å². The molecule has 1 saturated heterocycles. The molecule has 0 unspecified atom stereocenters. The molecule has 0 N–H and O–H groups in total. The molecule has 0 radical (unpaired) electrons. The fourth-order valence-corrected chi connectivity index (χ4v) is 3.68. The maximum Gasteiger partial charge on any atom is 0.338 e. The number of halogens is 1. The SMILES string of the molecule is COC(=O)[C@H]1OC2(CCCC2)O[C@@H]1c1ccccc1I. The van der Waals surface area contributed by atoms with E-state index in [4.69, 9.17) is 14.2 Å². The lowest BCUT2D eigenvalue weighted by Gasteiger charge is -2.21. The molecule has 1 aromatic carbocycles. The molecule has 108 valence electrons. The number of esters is 1. The molecule has 2 aliphatic rings. The van der Waals surface area contributed by atoms with Gasteiger partial charge in [0.2, 0.25) is 0 Å². The summed E-state index contributed by atoms with van der Waals surface area (Å²) in [7, 11) is 1.39. The van der Waals surface area contributed by atoms with Crippen LogP contribution in [0.3, 0.4) is 0 Å². The maximum atomic E-state index is 12.0. The molecule has 5 heteroatoms. The van der Waals surface area contributed by atoms with Crippen LogP contribution >= 0.6 is 22.6 Å². The maximum absolute atomic E-state index is 12.0. The van der Waals surface area contributed by atoms with Crippen LogP contribution in [0.15, 0.2) is 24.3 Å². The first-order valence-electron chi connectivity index (χ1n) is 6.83. The molecule has 0 aromatic heterocycles. The van der Waals surface area contributed by atoms with Gasteiger partial charge in [0.05, 0.1) is 7.11 Å². The van der Waals surface area contributed by atoms with Gasteiger partial charge in [-0.3, -0.25) is 0 Å². The lowest BCUT2D eigenvalue weighted by Crippen LogP contribution is -2.30. The predicted molar refractivity (Wildman–Crippen MR) is 81.1 cm³/mol. The highest BCUT2D eigenvalue weighted by Crippen LogP contribution is 2.47. The van der Waals surface area contributed by atoms with Crippen LogP contribution in [0, 0.1) is 3.57 Å². The van der Waals surface area contributed by atoms with E-state index < -0.39 is 11.9 Å². The predicted octanol–water partition coefficient (Wildman–Crippen LogP) is 3.19. The molecule has 2 atom stereocenters. The largest absolute Gasteiger partial charge is 0.467 e. The monoisotopic (exact) mass is 388 g/mol. The highest BCUT2D eigenvalue weighted by molar-refractivity contribution is 14.1. The third-order valence-electron chi connectivity index (χ3n) is 3.97. The second-order valence-corrected chi connectivity index (χ2v) is 6.40. The minimum absolute atomic E-state index is 0.363. The first-order valence-corrected chi connectivity index (χ1v) is 7.91. The quantitative estimate of drug-likeness (QED) is 0.577. The van der Waals surface area contributed by atoms with Gasteiger partial charge in [-0.15, -0.1) is 0 Å². The van der Waals surface area contributed by atoms with E-state index in [1.165, 1.54) is 7.11 Å². The van der Waals surface area contributed by atoms with Gasteiger partial charge in [-0.25, -0.2) is 4.79 Å². The van der Waals surface area contributed by atoms with E-state index in [0.29, 0.717) is 0 Å². The van der Waals surface area contributed by atoms with Gasteiger partial charge in [-0.1, -0.05) is 18.2 Å². The number of methoxy groups -OCH3 is 1. The Balaban J connectivity index is 1.94. The Morgan fingerprint density at radius 1 is 1.30 bits per heavy atom. The fourth-order valence-electron chi connectivity index (χ4n) is 2.98. The molecule has 3 rings (SSSR count). The average Bonchev–Trinajstić information content (AvgIpc) is 3.07. The summed E-state index contributed by atoms with van der Waals surface area (Å²) in [5.74, 6) is -0.957. The van der Waals surface area contributed by atoms with Crippen molar-refractivity contribution < 1.29 is 19.0 Å². The van der Waals surface area contributed by atoms with E-state index in [9.17, 15) is 4.79 Å². The Hall–Kier alpha value is -0.660. The van der Waals surface area contributed by atoms with E-state index in [-0.39, 0.29) is 12.1 Å². The summed E-state index contributed by atoms with van der Waals surface area (Å²) >= 11 is 2.26. The molecule has 20 heavy (non-hydrogen) atoms. The van der Waals surface area contributed by atoms with Gasteiger partial charge < -0.3 is 14.2 Å². The topological polar surface area (TPSA) is 44.8 Å². The number of carbonyl (C=O) groups excluding carboxylic acids is 1. The minimum Gasteiger partial charge on any atom is -0.467 e. The van der Waals surface area contributed by atoms with E-state index in [1.807, 2.05) is 24.3 Å². The van der Waals surface area contributed by atoms with Crippen LogP contribution in [0.25, 0.3) is 0 Å². The van der Waals surface area contributed by atoms with Crippen molar-refractivity contribution in [1.29, 1.82) is 0 Å². The van der Waals surface area contributed by atoms with Gasteiger partial charge in [0.1, 0.15) is 6.10 Å². The van der Waals surface area contributed by atoms with Gasteiger partial charge in [0.25, 0.3) is 0 Å². The van der Waals surface area contributed by atoms with Crippen molar-refractivity contribution in [3.05, 3.63) is 33.4 Å². The summed E-state index contributed by atoms with van der Waals surface area (Å²) in [6.45, 7) is 0. The third-order valence-corrected chi connectivity index (χ3v) is 4.95. The number of carbonyl (C=O) groups is 1. The first kappa shape index (κ1) is 14.3. The summed E-state index contributed by atoms with van der Waals surface area (Å²) in [6, 6.07) is 7.92. The van der Waals surface area contributed by atoms with E-state index in [2.05, 4.69) is 22.6 Å². The lowest BCUT2D eigenvalue weighted by atomic mass is 10.0. The summed E-state index contributed by atoms with van der Waals surface area (Å²) < 4.78 is 18.1. The van der Waals surface area contributed by atoms with E-state index >= 15 is 0 Å². The van der Waals surface area contributed by atoms with Gasteiger partial charge in [-0.2, -0.15) is 0 Å². The number of ether oxygens (including phenoxy) is 3. The Bertz CT molecular complexity index is 510. The Kier molecular flexibility index (Phi) is 4.01. The van der Waals surface area contributed by atoms with Crippen LogP contribution in [0.5, 0.6) is 0 Å². The van der Waals surface area contributed by atoms with Crippen LogP contribution in [-0.2, 0) is 19.0 Å². The first-order chi connectivity index (χ1) is 9.65. The van der Waals surface area contributed by atoms with E-state index in [1.54, 1.807) is 0 Å². The molecule has 4 nitrogen and oxygen atoms in total. The number of benzene rings is 1. The minimum atomic E-state index is -0.672. The van der Waals surface area contributed by atoms with Crippen molar-refractivity contribution in [2.45, 2.75) is 43.7 Å². The van der Waals surface area contributed by atoms with Crippen LogP contribution in [0.1, 0.15) is 37.4 Å². The van der Waals surface area contributed by atoms with Crippen molar-refractivity contribution in [3.63, 3.8) is 0 Å². The standard InChI is InChI=1S/C15H17IO4/c1-18-14(17)13-12(10-6-2-3-7-11(10)16)19-15(20-13)8-4-5-9-15/h2-3,6-7,12-13H,4-5,8-9H2,1H3/t12-,13+/m1/s1. The number of rotatable bonds is 2. The molecule has 0 amide bonds. The van der Waals surface area contributed by atoms with Crippen LogP contribution in [-0.4, -0.2) is 25.0 Å². The average molecular weight is 388 g/mol. The Morgan fingerprint density at radius 3 is 2.65 bits per heavy atom. The van der Waals surface area contributed by atoms with Gasteiger partial charge in [-0.05, 0) is 47.1 Å².